The molecule has 0 saturated carbocycles. The minimum Gasteiger partial charge on any atom is -0.496 e. The molecule has 1 aliphatic rings. The summed E-state index contributed by atoms with van der Waals surface area (Å²) >= 11 is 0. The molecule has 0 aliphatic heterocycles. The molecule has 0 spiro atoms. The van der Waals surface area contributed by atoms with Gasteiger partial charge in [-0.15, -0.1) is 0 Å². The number of anilines is 1. The van der Waals surface area contributed by atoms with E-state index in [0.29, 0.717) is 30.3 Å². The number of hydrogen-bond acceptors (Lipinski definition) is 4. The summed E-state index contributed by atoms with van der Waals surface area (Å²) in [6.07, 6.45) is 2.18. The molecule has 146 valence electrons. The van der Waals surface area contributed by atoms with Crippen LogP contribution in [0, 0.1) is 11.6 Å². The number of nitrogens with one attached hydrogen (secondary N) is 1. The summed E-state index contributed by atoms with van der Waals surface area (Å²) in [6.45, 7) is 0. The maximum atomic E-state index is 14.0. The molecule has 0 aromatic heterocycles. The Bertz CT molecular complexity index is 941. The van der Waals surface area contributed by atoms with E-state index in [1.807, 2.05) is 14.1 Å². The Morgan fingerprint density at radius 2 is 1.78 bits per heavy atom. The summed E-state index contributed by atoms with van der Waals surface area (Å²) in [4.78, 5) is 1.14. The summed E-state index contributed by atoms with van der Waals surface area (Å²) < 4.78 is 61.0. The van der Waals surface area contributed by atoms with Crippen molar-refractivity contribution in [3.63, 3.8) is 0 Å². The first-order valence-electron chi connectivity index (χ1n) is 8.56. The first-order chi connectivity index (χ1) is 12.7. The second kappa shape index (κ2) is 7.44. The fourth-order valence-corrected chi connectivity index (χ4v) is 4.72. The maximum Gasteiger partial charge on any atom is 0.267 e. The third kappa shape index (κ3) is 3.77. The average molecular weight is 396 g/mol. The van der Waals surface area contributed by atoms with E-state index >= 15 is 0 Å². The molecule has 2 aromatic rings. The zero-order chi connectivity index (χ0) is 19.8. The van der Waals surface area contributed by atoms with Gasteiger partial charge in [-0.3, -0.25) is 4.72 Å². The summed E-state index contributed by atoms with van der Waals surface area (Å²) in [6, 6.07) is 6.52. The molecule has 0 radical (unpaired) electrons. The predicted molar refractivity (Wildman–Crippen MR) is 99.7 cm³/mol. The Kier molecular flexibility index (Phi) is 5.39. The van der Waals surface area contributed by atoms with Gasteiger partial charge in [-0.2, -0.15) is 0 Å². The zero-order valence-corrected chi connectivity index (χ0v) is 16.2. The molecule has 3 rings (SSSR count). The first kappa shape index (κ1) is 19.6. The molecule has 1 N–H and O–H groups in total. The lowest BCUT2D eigenvalue weighted by atomic mass is 9.86. The van der Waals surface area contributed by atoms with Gasteiger partial charge in [-0.25, -0.2) is 17.2 Å². The van der Waals surface area contributed by atoms with Crippen LogP contribution in [0.15, 0.2) is 35.2 Å². The molecule has 2 aromatic carbocycles. The highest BCUT2D eigenvalue weighted by molar-refractivity contribution is 7.92. The second-order valence-corrected chi connectivity index (χ2v) is 8.41. The van der Waals surface area contributed by atoms with Crippen molar-refractivity contribution in [2.45, 2.75) is 30.2 Å². The summed E-state index contributed by atoms with van der Waals surface area (Å²) in [5.74, 6) is -1.58. The second-order valence-electron chi connectivity index (χ2n) is 6.79. The number of rotatable bonds is 5. The SMILES string of the molecule is COc1ccc(NS(=O)(=O)c2c(F)cccc2F)c2c1C[C@@H](N(C)C)CC2. The minimum absolute atomic E-state index is 0.308. The number of methoxy groups -OCH3 is 1. The highest BCUT2D eigenvalue weighted by atomic mass is 32.2. The fraction of sp³-hybridized carbons (Fsp3) is 0.368. The third-order valence-corrected chi connectivity index (χ3v) is 6.35. The van der Waals surface area contributed by atoms with E-state index < -0.39 is 26.6 Å². The van der Waals surface area contributed by atoms with Crippen LogP contribution in [0.3, 0.4) is 0 Å². The number of hydrogen-bond donors (Lipinski definition) is 1. The Hall–Kier alpha value is -2.19. The van der Waals surface area contributed by atoms with Gasteiger partial charge in [-0.05, 0) is 63.2 Å². The molecular weight excluding hydrogens is 374 g/mol. The third-order valence-electron chi connectivity index (χ3n) is 4.94. The largest absolute Gasteiger partial charge is 0.496 e. The van der Waals surface area contributed by atoms with Crippen LogP contribution in [-0.2, 0) is 22.9 Å². The summed E-state index contributed by atoms with van der Waals surface area (Å²) in [5, 5.41) is 0. The van der Waals surface area contributed by atoms with Gasteiger partial charge in [0.15, 0.2) is 4.90 Å². The lowest BCUT2D eigenvalue weighted by Crippen LogP contribution is -2.34. The van der Waals surface area contributed by atoms with Crippen molar-refractivity contribution < 1.29 is 21.9 Å². The predicted octanol–water partition coefficient (Wildman–Crippen LogP) is 3.19. The van der Waals surface area contributed by atoms with Gasteiger partial charge in [0, 0.05) is 11.6 Å². The standard InChI is InChI=1S/C19H22F2N2O3S/c1-23(2)12-7-8-13-14(11-12)18(26-3)10-9-17(13)22-27(24,25)19-15(20)5-4-6-16(19)21/h4-6,9-10,12,22H,7-8,11H2,1-3H3/t12-/m0/s1. The molecule has 27 heavy (non-hydrogen) atoms. The number of fused-ring (bicyclic) bond motifs is 1. The van der Waals surface area contributed by atoms with Crippen LogP contribution in [0.5, 0.6) is 5.75 Å². The molecule has 0 bridgehead atoms. The van der Waals surface area contributed by atoms with Crippen LogP contribution in [0.4, 0.5) is 14.5 Å². The van der Waals surface area contributed by atoms with E-state index in [9.17, 15) is 17.2 Å². The van der Waals surface area contributed by atoms with E-state index in [-0.39, 0.29) is 0 Å². The molecule has 5 nitrogen and oxygen atoms in total. The Morgan fingerprint density at radius 3 is 2.37 bits per heavy atom. The number of likely N-dealkylation sites (N-methyl/N-ethyl adjacent to an activating group) is 1. The van der Waals surface area contributed by atoms with Crippen molar-refractivity contribution in [3.8, 4) is 5.75 Å². The normalized spacial score (nSPS) is 16.9. The number of sulfonamides is 1. The van der Waals surface area contributed by atoms with Gasteiger partial charge in [-0.1, -0.05) is 6.07 Å². The van der Waals surface area contributed by atoms with Gasteiger partial charge in [0.25, 0.3) is 10.0 Å². The van der Waals surface area contributed by atoms with Crippen molar-refractivity contribution >= 4 is 15.7 Å². The van der Waals surface area contributed by atoms with Crippen LogP contribution in [0.2, 0.25) is 0 Å². The number of nitrogens with zero attached hydrogens (tertiary/aromatic N) is 1. The molecule has 1 atom stereocenters. The van der Waals surface area contributed by atoms with E-state index in [0.717, 1.165) is 35.7 Å². The monoisotopic (exact) mass is 396 g/mol. The van der Waals surface area contributed by atoms with Gasteiger partial charge in [0.1, 0.15) is 17.4 Å². The Labute approximate surface area is 158 Å². The van der Waals surface area contributed by atoms with Crippen molar-refractivity contribution in [1.29, 1.82) is 0 Å². The van der Waals surface area contributed by atoms with Crippen LogP contribution < -0.4 is 9.46 Å². The van der Waals surface area contributed by atoms with Gasteiger partial charge < -0.3 is 9.64 Å². The fourth-order valence-electron chi connectivity index (χ4n) is 3.49. The first-order valence-corrected chi connectivity index (χ1v) is 10.0. The van der Waals surface area contributed by atoms with Crippen molar-refractivity contribution in [2.24, 2.45) is 0 Å². The zero-order valence-electron chi connectivity index (χ0n) is 15.4. The van der Waals surface area contributed by atoms with Crippen LogP contribution in [0.1, 0.15) is 17.5 Å². The molecule has 0 unspecified atom stereocenters. The van der Waals surface area contributed by atoms with Gasteiger partial charge >= 0.3 is 0 Å². The molecule has 0 amide bonds. The van der Waals surface area contributed by atoms with Crippen LogP contribution in [-0.4, -0.2) is 40.6 Å². The lowest BCUT2D eigenvalue weighted by molar-refractivity contribution is 0.265. The highest BCUT2D eigenvalue weighted by Crippen LogP contribution is 2.37. The van der Waals surface area contributed by atoms with E-state index in [4.69, 9.17) is 4.74 Å². The lowest BCUT2D eigenvalue weighted by Gasteiger charge is -2.32. The topological polar surface area (TPSA) is 58.6 Å². The van der Waals surface area contributed by atoms with Gasteiger partial charge in [0.2, 0.25) is 0 Å². The van der Waals surface area contributed by atoms with Crippen LogP contribution in [0.25, 0.3) is 0 Å². The molecule has 8 heteroatoms. The number of halogens is 2. The maximum absolute atomic E-state index is 14.0. The molecular formula is C19H22F2N2O3S. The summed E-state index contributed by atoms with van der Waals surface area (Å²) in [5.41, 5.74) is 2.04. The summed E-state index contributed by atoms with van der Waals surface area (Å²) in [7, 11) is 1.15. The highest BCUT2D eigenvalue weighted by Gasteiger charge is 2.29. The van der Waals surface area contributed by atoms with E-state index in [1.54, 1.807) is 19.2 Å². The van der Waals surface area contributed by atoms with Gasteiger partial charge in [0.05, 0.1) is 12.8 Å². The Balaban J connectivity index is 2.03. The molecule has 1 aliphatic carbocycles. The molecule has 0 saturated heterocycles. The smallest absolute Gasteiger partial charge is 0.267 e. The average Bonchev–Trinajstić information content (AvgIpc) is 2.60. The minimum atomic E-state index is -4.41. The van der Waals surface area contributed by atoms with Crippen molar-refractivity contribution in [3.05, 3.63) is 53.1 Å². The quantitative estimate of drug-likeness (QED) is 0.843. The van der Waals surface area contributed by atoms with Crippen molar-refractivity contribution in [2.75, 3.05) is 25.9 Å². The number of ether oxygens (including phenoxy) is 1. The molecule has 0 heterocycles. The number of benzene rings is 2. The van der Waals surface area contributed by atoms with Crippen LogP contribution >= 0.6 is 0 Å². The van der Waals surface area contributed by atoms with E-state index in [2.05, 4.69) is 9.62 Å². The van der Waals surface area contributed by atoms with Crippen molar-refractivity contribution in [1.82, 2.24) is 4.90 Å². The molecule has 0 fully saturated rings. The Morgan fingerprint density at radius 1 is 1.11 bits per heavy atom. The van der Waals surface area contributed by atoms with E-state index in [1.165, 1.54) is 0 Å².